The van der Waals surface area contributed by atoms with Crippen molar-refractivity contribution in [3.05, 3.63) is 35.4 Å². The average Bonchev–Trinajstić information content (AvgIpc) is 2.61. The molecule has 1 aromatic rings. The molecule has 0 saturated heterocycles. The zero-order chi connectivity index (χ0) is 13.9. The lowest BCUT2D eigenvalue weighted by molar-refractivity contribution is -0.149. The highest BCUT2D eigenvalue weighted by Gasteiger charge is 2.33. The highest BCUT2D eigenvalue weighted by Crippen LogP contribution is 2.24. The zero-order valence-corrected chi connectivity index (χ0v) is 11.9. The molecule has 1 aromatic carbocycles. The predicted octanol–water partition coefficient (Wildman–Crippen LogP) is 2.59. The number of carbonyl (C=O) groups is 1. The zero-order valence-electron chi connectivity index (χ0n) is 11.9. The molecule has 19 heavy (non-hydrogen) atoms. The lowest BCUT2D eigenvalue weighted by Gasteiger charge is -2.30. The molecule has 0 bridgehead atoms. The molecule has 1 heterocycles. The fourth-order valence-corrected chi connectivity index (χ4v) is 2.70. The van der Waals surface area contributed by atoms with Crippen molar-refractivity contribution < 1.29 is 9.90 Å². The second kappa shape index (κ2) is 5.74. The van der Waals surface area contributed by atoms with E-state index in [4.69, 9.17) is 0 Å². The number of aliphatic carboxylic acids is 1. The summed E-state index contributed by atoms with van der Waals surface area (Å²) in [6, 6.07) is 8.55. The maximum Gasteiger partial charge on any atom is 0.310 e. The van der Waals surface area contributed by atoms with E-state index in [2.05, 4.69) is 29.2 Å². The lowest BCUT2D eigenvalue weighted by Crippen LogP contribution is -2.41. The molecule has 104 valence electrons. The van der Waals surface area contributed by atoms with Gasteiger partial charge in [0.15, 0.2) is 0 Å². The van der Waals surface area contributed by atoms with Gasteiger partial charge in [0.1, 0.15) is 0 Å². The number of nitrogens with zero attached hydrogens (tertiary/aromatic N) is 1. The smallest absolute Gasteiger partial charge is 0.310 e. The van der Waals surface area contributed by atoms with E-state index in [0.29, 0.717) is 13.0 Å². The Bertz CT molecular complexity index is 431. The van der Waals surface area contributed by atoms with Crippen molar-refractivity contribution in [1.82, 2.24) is 4.90 Å². The highest BCUT2D eigenvalue weighted by atomic mass is 16.4. The van der Waals surface area contributed by atoms with Crippen LogP contribution in [0.5, 0.6) is 0 Å². The maximum atomic E-state index is 11.4. The van der Waals surface area contributed by atoms with Gasteiger partial charge in [0.25, 0.3) is 0 Å². The summed E-state index contributed by atoms with van der Waals surface area (Å²) in [4.78, 5) is 13.7. The Balaban J connectivity index is 2.04. The van der Waals surface area contributed by atoms with E-state index in [1.54, 1.807) is 0 Å². The minimum absolute atomic E-state index is 0.628. The first kappa shape index (κ1) is 14.1. The molecule has 1 aliphatic heterocycles. The average molecular weight is 261 g/mol. The molecule has 0 fully saturated rings. The minimum Gasteiger partial charge on any atom is -0.481 e. The number of carboxylic acids is 1. The molecular weight excluding hydrogens is 238 g/mol. The van der Waals surface area contributed by atoms with Crippen molar-refractivity contribution in [2.24, 2.45) is 5.41 Å². The third-order valence-electron chi connectivity index (χ3n) is 4.38. The van der Waals surface area contributed by atoms with Crippen molar-refractivity contribution >= 4 is 5.97 Å². The first-order valence-electron chi connectivity index (χ1n) is 7.08. The Morgan fingerprint density at radius 1 is 1.26 bits per heavy atom. The number of carboxylic acid groups (broad SMARTS) is 1. The van der Waals surface area contributed by atoms with Gasteiger partial charge in [0, 0.05) is 19.6 Å². The molecule has 0 aromatic heterocycles. The molecule has 1 unspecified atom stereocenters. The number of hydrogen-bond acceptors (Lipinski definition) is 2. The Morgan fingerprint density at radius 2 is 1.79 bits per heavy atom. The van der Waals surface area contributed by atoms with Gasteiger partial charge in [-0.25, -0.2) is 0 Å². The molecule has 0 aliphatic carbocycles. The summed E-state index contributed by atoms with van der Waals surface area (Å²) in [5.41, 5.74) is 2.20. The summed E-state index contributed by atoms with van der Waals surface area (Å²) in [5.74, 6) is -0.684. The molecule has 1 atom stereocenters. The van der Waals surface area contributed by atoms with Crippen molar-refractivity contribution in [3.8, 4) is 0 Å². The SMILES string of the molecule is CCC(C)(CN1CCc2ccccc2CC1)C(=O)O. The van der Waals surface area contributed by atoms with Gasteiger partial charge in [0.2, 0.25) is 0 Å². The highest BCUT2D eigenvalue weighted by molar-refractivity contribution is 5.74. The van der Waals surface area contributed by atoms with E-state index in [-0.39, 0.29) is 0 Å². The quantitative estimate of drug-likeness (QED) is 0.905. The van der Waals surface area contributed by atoms with Crippen LogP contribution in [0.2, 0.25) is 0 Å². The van der Waals surface area contributed by atoms with Gasteiger partial charge in [-0.15, -0.1) is 0 Å². The summed E-state index contributed by atoms with van der Waals surface area (Å²) in [7, 11) is 0. The van der Waals surface area contributed by atoms with Crippen molar-refractivity contribution in [2.75, 3.05) is 19.6 Å². The Labute approximate surface area is 115 Å². The Morgan fingerprint density at radius 3 is 2.21 bits per heavy atom. The fraction of sp³-hybridized carbons (Fsp3) is 0.562. The van der Waals surface area contributed by atoms with Crippen LogP contribution in [-0.4, -0.2) is 35.6 Å². The third-order valence-corrected chi connectivity index (χ3v) is 4.38. The number of benzene rings is 1. The topological polar surface area (TPSA) is 40.5 Å². The van der Waals surface area contributed by atoms with E-state index in [1.165, 1.54) is 11.1 Å². The van der Waals surface area contributed by atoms with E-state index < -0.39 is 11.4 Å². The van der Waals surface area contributed by atoms with E-state index in [1.807, 2.05) is 13.8 Å². The summed E-state index contributed by atoms with van der Waals surface area (Å²) < 4.78 is 0. The van der Waals surface area contributed by atoms with Crippen LogP contribution in [0.25, 0.3) is 0 Å². The Kier molecular flexibility index (Phi) is 4.25. The van der Waals surface area contributed by atoms with Crippen LogP contribution in [-0.2, 0) is 17.6 Å². The number of rotatable bonds is 4. The molecule has 1 aliphatic rings. The van der Waals surface area contributed by atoms with Crippen LogP contribution in [0.4, 0.5) is 0 Å². The molecule has 3 heteroatoms. The van der Waals surface area contributed by atoms with Gasteiger partial charge in [-0.1, -0.05) is 31.2 Å². The van der Waals surface area contributed by atoms with E-state index >= 15 is 0 Å². The molecular formula is C16H23NO2. The molecule has 0 saturated carbocycles. The largest absolute Gasteiger partial charge is 0.481 e. The molecule has 2 rings (SSSR count). The minimum atomic E-state index is -0.684. The van der Waals surface area contributed by atoms with Crippen LogP contribution in [0, 0.1) is 5.41 Å². The molecule has 0 radical (unpaired) electrons. The lowest BCUT2D eigenvalue weighted by atomic mass is 9.87. The molecule has 1 N–H and O–H groups in total. The van der Waals surface area contributed by atoms with Crippen molar-refractivity contribution in [1.29, 1.82) is 0 Å². The number of hydrogen-bond donors (Lipinski definition) is 1. The first-order chi connectivity index (χ1) is 9.05. The molecule has 0 spiro atoms. The molecule has 3 nitrogen and oxygen atoms in total. The monoisotopic (exact) mass is 261 g/mol. The van der Waals surface area contributed by atoms with E-state index in [9.17, 15) is 9.90 Å². The summed E-state index contributed by atoms with van der Waals surface area (Å²) in [6.07, 6.45) is 2.72. The summed E-state index contributed by atoms with van der Waals surface area (Å²) in [6.45, 7) is 6.38. The Hall–Kier alpha value is -1.35. The van der Waals surface area contributed by atoms with Gasteiger partial charge in [-0.2, -0.15) is 0 Å². The van der Waals surface area contributed by atoms with Gasteiger partial charge in [-0.05, 0) is 37.3 Å². The normalized spacial score (nSPS) is 19.3. The van der Waals surface area contributed by atoms with Crippen molar-refractivity contribution in [3.63, 3.8) is 0 Å². The maximum absolute atomic E-state index is 11.4. The van der Waals surface area contributed by atoms with Gasteiger partial charge >= 0.3 is 5.97 Å². The second-order valence-electron chi connectivity index (χ2n) is 5.76. The standard InChI is InChI=1S/C16H23NO2/c1-3-16(2,15(18)19)12-17-10-8-13-6-4-5-7-14(13)9-11-17/h4-7H,3,8-12H2,1-2H3,(H,18,19). The summed E-state index contributed by atoms with van der Waals surface area (Å²) in [5, 5.41) is 9.38. The van der Waals surface area contributed by atoms with Crippen LogP contribution < -0.4 is 0 Å². The third kappa shape index (κ3) is 3.16. The summed E-state index contributed by atoms with van der Waals surface area (Å²) >= 11 is 0. The second-order valence-corrected chi connectivity index (χ2v) is 5.76. The first-order valence-corrected chi connectivity index (χ1v) is 7.08. The van der Waals surface area contributed by atoms with Gasteiger partial charge < -0.3 is 10.0 Å². The van der Waals surface area contributed by atoms with Crippen LogP contribution >= 0.6 is 0 Å². The number of fused-ring (bicyclic) bond motifs is 1. The van der Waals surface area contributed by atoms with Crippen LogP contribution in [0.1, 0.15) is 31.4 Å². The van der Waals surface area contributed by atoms with E-state index in [0.717, 1.165) is 25.9 Å². The van der Waals surface area contributed by atoms with Gasteiger partial charge in [-0.3, -0.25) is 4.79 Å². The van der Waals surface area contributed by atoms with Crippen molar-refractivity contribution in [2.45, 2.75) is 33.1 Å². The predicted molar refractivity (Wildman–Crippen MR) is 76.3 cm³/mol. The van der Waals surface area contributed by atoms with Gasteiger partial charge in [0.05, 0.1) is 5.41 Å². The molecule has 0 amide bonds. The van der Waals surface area contributed by atoms with Crippen LogP contribution in [0.15, 0.2) is 24.3 Å². The fourth-order valence-electron chi connectivity index (χ4n) is 2.70. The van der Waals surface area contributed by atoms with Crippen LogP contribution in [0.3, 0.4) is 0 Å².